The molecule has 1 amide bonds. The maximum absolute atomic E-state index is 14.4. The number of nitrogens with zero attached hydrogens (tertiary/aromatic N) is 1. The van der Waals surface area contributed by atoms with E-state index in [1.165, 1.54) is 6.07 Å². The lowest BCUT2D eigenvalue weighted by atomic mass is 10.2. The molecule has 1 aliphatic rings. The molecular formula is C18H28FN3O4. The fourth-order valence-corrected chi connectivity index (χ4v) is 2.83. The number of nitrogens with one attached hydrogen (secondary N) is 2. The number of aliphatic hydroxyl groups is 2. The van der Waals surface area contributed by atoms with E-state index in [0.717, 1.165) is 0 Å². The molecule has 0 aliphatic carbocycles. The Labute approximate surface area is 153 Å². The second-order valence-electron chi connectivity index (χ2n) is 7.43. The van der Waals surface area contributed by atoms with Crippen LogP contribution < -0.4 is 15.5 Å². The minimum Gasteiger partial charge on any atom is -0.444 e. The molecule has 8 heteroatoms. The quantitative estimate of drug-likeness (QED) is 0.610. The molecule has 2 unspecified atom stereocenters. The second-order valence-corrected chi connectivity index (χ2v) is 7.43. The van der Waals surface area contributed by atoms with E-state index in [4.69, 9.17) is 9.84 Å². The third-order valence-corrected chi connectivity index (χ3v) is 3.95. The van der Waals surface area contributed by atoms with Gasteiger partial charge in [-0.05, 0) is 39.3 Å². The van der Waals surface area contributed by atoms with Crippen LogP contribution in [0.15, 0.2) is 18.2 Å². The van der Waals surface area contributed by atoms with Crippen molar-refractivity contribution in [3.63, 3.8) is 0 Å². The van der Waals surface area contributed by atoms with E-state index < -0.39 is 17.8 Å². The zero-order valence-electron chi connectivity index (χ0n) is 15.5. The van der Waals surface area contributed by atoms with E-state index >= 15 is 0 Å². The number of hydrogen-bond donors (Lipinski definition) is 4. The number of hydrogen-bond acceptors (Lipinski definition) is 6. The van der Waals surface area contributed by atoms with Crippen LogP contribution in [0.2, 0.25) is 0 Å². The van der Waals surface area contributed by atoms with Gasteiger partial charge in [-0.1, -0.05) is 6.07 Å². The van der Waals surface area contributed by atoms with Crippen molar-refractivity contribution in [3.8, 4) is 0 Å². The lowest BCUT2D eigenvalue weighted by molar-refractivity contribution is 0.0509. The Hall–Kier alpha value is -2.06. The van der Waals surface area contributed by atoms with Gasteiger partial charge in [-0.25, -0.2) is 9.18 Å². The van der Waals surface area contributed by atoms with E-state index in [0.29, 0.717) is 30.9 Å². The van der Waals surface area contributed by atoms with Crippen LogP contribution in [0.1, 0.15) is 27.2 Å². The van der Waals surface area contributed by atoms with E-state index in [9.17, 15) is 14.3 Å². The predicted molar refractivity (Wildman–Crippen MR) is 98.0 cm³/mol. The monoisotopic (exact) mass is 369 g/mol. The molecule has 2 rings (SSSR count). The molecule has 1 saturated heterocycles. The summed E-state index contributed by atoms with van der Waals surface area (Å²) in [6, 6.07) is 4.54. The predicted octanol–water partition coefficient (Wildman–Crippen LogP) is 1.69. The van der Waals surface area contributed by atoms with Crippen LogP contribution in [-0.2, 0) is 4.74 Å². The number of carbonyl (C=O) groups excluding carboxylic acids is 1. The Morgan fingerprint density at radius 1 is 1.46 bits per heavy atom. The number of rotatable bonds is 6. The van der Waals surface area contributed by atoms with Crippen molar-refractivity contribution >= 4 is 17.5 Å². The van der Waals surface area contributed by atoms with Gasteiger partial charge in [0.05, 0.1) is 30.1 Å². The molecule has 4 N–H and O–H groups in total. The molecule has 1 aromatic carbocycles. The van der Waals surface area contributed by atoms with Crippen LogP contribution in [0, 0.1) is 5.82 Å². The second kappa shape index (κ2) is 8.55. The number of anilines is 2. The van der Waals surface area contributed by atoms with Crippen molar-refractivity contribution in [1.82, 2.24) is 5.32 Å². The summed E-state index contributed by atoms with van der Waals surface area (Å²) in [5.41, 5.74) is 0.361. The van der Waals surface area contributed by atoms with Crippen LogP contribution in [0.25, 0.3) is 0 Å². The van der Waals surface area contributed by atoms with Crippen LogP contribution in [0.4, 0.5) is 20.6 Å². The number of halogens is 1. The van der Waals surface area contributed by atoms with Crippen molar-refractivity contribution in [1.29, 1.82) is 0 Å². The molecule has 1 fully saturated rings. The summed E-state index contributed by atoms with van der Waals surface area (Å²) in [5, 5.41) is 24.2. The molecule has 0 saturated carbocycles. The molecule has 0 radical (unpaired) electrons. The molecular weight excluding hydrogens is 341 g/mol. The van der Waals surface area contributed by atoms with Crippen molar-refractivity contribution in [2.24, 2.45) is 0 Å². The van der Waals surface area contributed by atoms with Crippen LogP contribution in [-0.4, -0.2) is 60.3 Å². The van der Waals surface area contributed by atoms with E-state index in [2.05, 4.69) is 10.6 Å². The number of alkyl carbamates (subject to hydrolysis) is 1. The highest BCUT2D eigenvalue weighted by Crippen LogP contribution is 2.32. The Balaban J connectivity index is 2.02. The number of amides is 1. The van der Waals surface area contributed by atoms with Crippen molar-refractivity contribution in [2.75, 3.05) is 36.5 Å². The van der Waals surface area contributed by atoms with Gasteiger partial charge >= 0.3 is 6.09 Å². The van der Waals surface area contributed by atoms with Crippen LogP contribution in [0.5, 0.6) is 0 Å². The summed E-state index contributed by atoms with van der Waals surface area (Å²) in [6.45, 7) is 6.17. The van der Waals surface area contributed by atoms with Crippen LogP contribution >= 0.6 is 0 Å². The number of carbonyl (C=O) groups is 1. The fourth-order valence-electron chi connectivity index (χ4n) is 2.83. The lowest BCUT2D eigenvalue weighted by Crippen LogP contribution is -2.40. The summed E-state index contributed by atoms with van der Waals surface area (Å²) in [6.07, 6.45) is -0.736. The first kappa shape index (κ1) is 20.3. The Morgan fingerprint density at radius 3 is 2.85 bits per heavy atom. The molecule has 2 atom stereocenters. The summed E-state index contributed by atoms with van der Waals surface area (Å²) < 4.78 is 19.7. The normalized spacial score (nSPS) is 18.5. The molecule has 146 valence electrons. The zero-order chi connectivity index (χ0) is 19.3. The number of aliphatic hydroxyl groups excluding tert-OH is 2. The molecule has 0 aromatic heterocycles. The SMILES string of the molecule is CC(C)(C)OC(=O)NC1CCN(c2c(F)cccc2NCC(O)CO)C1. The van der Waals surface area contributed by atoms with E-state index in [1.54, 1.807) is 32.9 Å². The Morgan fingerprint density at radius 2 is 2.19 bits per heavy atom. The summed E-state index contributed by atoms with van der Waals surface area (Å²) >= 11 is 0. The molecule has 1 aliphatic heterocycles. The number of ether oxygens (including phenoxy) is 1. The first-order valence-corrected chi connectivity index (χ1v) is 8.75. The average Bonchev–Trinajstić information content (AvgIpc) is 2.98. The van der Waals surface area contributed by atoms with Gasteiger partial charge in [-0.2, -0.15) is 0 Å². The van der Waals surface area contributed by atoms with Gasteiger partial charge in [0, 0.05) is 19.6 Å². The van der Waals surface area contributed by atoms with Gasteiger partial charge in [0.2, 0.25) is 0 Å². The van der Waals surface area contributed by atoms with E-state index in [1.807, 2.05) is 4.90 Å². The standard InChI is InChI=1S/C18H28FN3O4/c1-18(2,3)26-17(25)21-12-7-8-22(10-12)16-14(19)5-4-6-15(16)20-9-13(24)11-23/h4-6,12-13,20,23-24H,7-11H2,1-3H3,(H,21,25). The Bertz CT molecular complexity index is 621. The van der Waals surface area contributed by atoms with Gasteiger partial charge in [0.1, 0.15) is 11.4 Å². The van der Waals surface area contributed by atoms with Crippen molar-refractivity contribution in [2.45, 2.75) is 44.9 Å². The third kappa shape index (κ3) is 5.74. The molecule has 26 heavy (non-hydrogen) atoms. The Kier molecular flexibility index (Phi) is 6.66. The largest absolute Gasteiger partial charge is 0.444 e. The molecule has 0 spiro atoms. The first-order valence-electron chi connectivity index (χ1n) is 8.75. The lowest BCUT2D eigenvalue weighted by Gasteiger charge is -2.24. The van der Waals surface area contributed by atoms with Gasteiger partial charge in [0.25, 0.3) is 0 Å². The van der Waals surface area contributed by atoms with Crippen molar-refractivity contribution < 1.29 is 24.1 Å². The third-order valence-electron chi connectivity index (χ3n) is 3.95. The summed E-state index contributed by atoms with van der Waals surface area (Å²) in [7, 11) is 0. The van der Waals surface area contributed by atoms with Gasteiger partial charge in [0.15, 0.2) is 0 Å². The fraction of sp³-hybridized carbons (Fsp3) is 0.611. The number of benzene rings is 1. The molecule has 7 nitrogen and oxygen atoms in total. The van der Waals surface area contributed by atoms with Gasteiger partial charge < -0.3 is 30.5 Å². The zero-order valence-corrected chi connectivity index (χ0v) is 15.5. The van der Waals surface area contributed by atoms with Gasteiger partial charge in [-0.15, -0.1) is 0 Å². The highest BCUT2D eigenvalue weighted by atomic mass is 19.1. The maximum atomic E-state index is 14.4. The van der Waals surface area contributed by atoms with Gasteiger partial charge in [-0.3, -0.25) is 0 Å². The summed E-state index contributed by atoms with van der Waals surface area (Å²) in [4.78, 5) is 13.8. The smallest absolute Gasteiger partial charge is 0.407 e. The number of para-hydroxylation sites is 1. The average molecular weight is 369 g/mol. The molecule has 0 bridgehead atoms. The topological polar surface area (TPSA) is 94.1 Å². The maximum Gasteiger partial charge on any atom is 0.407 e. The minimum atomic E-state index is -0.925. The highest BCUT2D eigenvalue weighted by Gasteiger charge is 2.29. The van der Waals surface area contributed by atoms with Crippen LogP contribution in [0.3, 0.4) is 0 Å². The molecule has 1 aromatic rings. The molecule has 1 heterocycles. The summed E-state index contributed by atoms with van der Waals surface area (Å²) in [5.74, 6) is -0.383. The first-order chi connectivity index (χ1) is 12.2. The van der Waals surface area contributed by atoms with Crippen molar-refractivity contribution in [3.05, 3.63) is 24.0 Å². The minimum absolute atomic E-state index is 0.111. The highest BCUT2D eigenvalue weighted by molar-refractivity contribution is 5.72. The van der Waals surface area contributed by atoms with E-state index in [-0.39, 0.29) is 25.0 Å².